The molecule has 98 valence electrons. The van der Waals surface area contributed by atoms with E-state index in [1.807, 2.05) is 20.0 Å². The molecule has 0 bridgehead atoms. The van der Waals surface area contributed by atoms with Crippen molar-refractivity contribution in [3.63, 3.8) is 0 Å². The van der Waals surface area contributed by atoms with E-state index in [1.165, 1.54) is 6.39 Å². The van der Waals surface area contributed by atoms with Crippen molar-refractivity contribution in [3.8, 4) is 11.5 Å². The molecule has 1 N–H and O–H groups in total. The van der Waals surface area contributed by atoms with Crippen LogP contribution < -0.4 is 5.32 Å². The first-order valence-corrected chi connectivity index (χ1v) is 5.85. The number of rotatable bonds is 6. The summed E-state index contributed by atoms with van der Waals surface area (Å²) in [5.74, 6) is 0.767. The fourth-order valence-electron chi connectivity index (χ4n) is 1.81. The fraction of sp³-hybridized carbons (Fsp3) is 0.500. The van der Waals surface area contributed by atoms with Crippen molar-refractivity contribution in [3.05, 3.63) is 23.8 Å². The lowest BCUT2D eigenvalue weighted by Gasteiger charge is -2.03. The number of methoxy groups -OCH3 is 1. The van der Waals surface area contributed by atoms with Gasteiger partial charge >= 0.3 is 0 Å². The maximum Gasteiger partial charge on any atom is 0.181 e. The van der Waals surface area contributed by atoms with Crippen molar-refractivity contribution in [1.29, 1.82) is 0 Å². The van der Waals surface area contributed by atoms with E-state index in [1.54, 1.807) is 11.8 Å². The van der Waals surface area contributed by atoms with Crippen LogP contribution in [0.2, 0.25) is 0 Å². The summed E-state index contributed by atoms with van der Waals surface area (Å²) in [6, 6.07) is 1.99. The second-order valence-corrected chi connectivity index (χ2v) is 4.09. The maximum atomic E-state index is 5.46. The molecule has 6 nitrogen and oxygen atoms in total. The van der Waals surface area contributed by atoms with E-state index < -0.39 is 0 Å². The van der Waals surface area contributed by atoms with Gasteiger partial charge in [0, 0.05) is 27.2 Å². The number of aromatic nitrogens is 3. The molecule has 0 atom stereocenters. The van der Waals surface area contributed by atoms with E-state index in [9.17, 15) is 0 Å². The molecule has 0 aromatic carbocycles. The molecule has 0 aliphatic heterocycles. The number of aryl methyl sites for hydroxylation is 2. The lowest BCUT2D eigenvalue weighted by Crippen LogP contribution is -2.19. The first-order chi connectivity index (χ1) is 8.72. The Bertz CT molecular complexity index is 504. The molecule has 0 spiro atoms. The lowest BCUT2D eigenvalue weighted by molar-refractivity contribution is 0.199. The van der Waals surface area contributed by atoms with Crippen LogP contribution in [0.1, 0.15) is 11.4 Å². The summed E-state index contributed by atoms with van der Waals surface area (Å²) in [5, 5.41) is 7.55. The van der Waals surface area contributed by atoms with Crippen molar-refractivity contribution < 1.29 is 9.15 Å². The van der Waals surface area contributed by atoms with Crippen molar-refractivity contribution in [1.82, 2.24) is 20.1 Å². The van der Waals surface area contributed by atoms with Gasteiger partial charge in [-0.15, -0.1) is 0 Å². The van der Waals surface area contributed by atoms with Gasteiger partial charge < -0.3 is 14.5 Å². The van der Waals surface area contributed by atoms with Gasteiger partial charge in [0.2, 0.25) is 0 Å². The Morgan fingerprint density at radius 1 is 1.50 bits per heavy atom. The Labute approximate surface area is 106 Å². The van der Waals surface area contributed by atoms with E-state index in [4.69, 9.17) is 9.15 Å². The maximum absolute atomic E-state index is 5.46. The Balaban J connectivity index is 2.10. The molecule has 0 saturated heterocycles. The summed E-state index contributed by atoms with van der Waals surface area (Å²) < 4.78 is 12.2. The number of ether oxygens (including phenoxy) is 1. The van der Waals surface area contributed by atoms with Crippen LogP contribution in [-0.4, -0.2) is 35.0 Å². The second-order valence-electron chi connectivity index (χ2n) is 4.09. The molecule has 0 radical (unpaired) electrons. The van der Waals surface area contributed by atoms with Crippen LogP contribution in [-0.2, 0) is 18.3 Å². The monoisotopic (exact) mass is 250 g/mol. The van der Waals surface area contributed by atoms with Gasteiger partial charge in [0.15, 0.2) is 12.2 Å². The van der Waals surface area contributed by atoms with Gasteiger partial charge in [0.05, 0.1) is 12.3 Å². The number of nitrogens with one attached hydrogen (secondary N) is 1. The normalized spacial score (nSPS) is 11.1. The molecule has 0 unspecified atom stereocenters. The topological polar surface area (TPSA) is 65.1 Å². The van der Waals surface area contributed by atoms with Gasteiger partial charge in [-0.3, -0.25) is 4.68 Å². The molecule has 0 aliphatic rings. The van der Waals surface area contributed by atoms with Gasteiger partial charge in [-0.2, -0.15) is 5.10 Å². The van der Waals surface area contributed by atoms with E-state index in [2.05, 4.69) is 15.4 Å². The highest BCUT2D eigenvalue weighted by atomic mass is 16.5. The minimum absolute atomic E-state index is 0.652. The number of oxazole rings is 1. The van der Waals surface area contributed by atoms with Crippen molar-refractivity contribution in [2.45, 2.75) is 13.5 Å². The van der Waals surface area contributed by atoms with E-state index >= 15 is 0 Å². The largest absolute Gasteiger partial charge is 0.442 e. The first-order valence-electron chi connectivity index (χ1n) is 5.85. The Hall–Kier alpha value is -1.66. The summed E-state index contributed by atoms with van der Waals surface area (Å²) in [4.78, 5) is 4.23. The highest BCUT2D eigenvalue weighted by Crippen LogP contribution is 2.23. The summed E-state index contributed by atoms with van der Waals surface area (Å²) in [6.45, 7) is 4.07. The third-order valence-electron chi connectivity index (χ3n) is 2.65. The summed E-state index contributed by atoms with van der Waals surface area (Å²) >= 11 is 0. The summed E-state index contributed by atoms with van der Waals surface area (Å²) in [7, 11) is 3.58. The molecule has 2 heterocycles. The smallest absolute Gasteiger partial charge is 0.181 e. The van der Waals surface area contributed by atoms with Crippen molar-refractivity contribution in [2.75, 3.05) is 20.3 Å². The third kappa shape index (κ3) is 2.77. The quantitative estimate of drug-likeness (QED) is 0.778. The zero-order valence-corrected chi connectivity index (χ0v) is 10.9. The van der Waals surface area contributed by atoms with Gasteiger partial charge in [0.1, 0.15) is 11.4 Å². The van der Waals surface area contributed by atoms with Gasteiger partial charge in [-0.25, -0.2) is 4.98 Å². The molecular formula is C12H18N4O2. The molecule has 2 rings (SSSR count). The Morgan fingerprint density at radius 3 is 3.00 bits per heavy atom. The number of nitrogens with zero attached hydrogens (tertiary/aromatic N) is 3. The zero-order chi connectivity index (χ0) is 13.0. The standard InChI is InChI=1S/C12H18N4O2/c1-9-6-11(16(2)15-9)12-10(14-8-18-12)7-13-4-5-17-3/h6,8,13H,4-5,7H2,1-3H3. The molecule has 6 heteroatoms. The molecular weight excluding hydrogens is 232 g/mol. The van der Waals surface area contributed by atoms with Gasteiger partial charge in [-0.05, 0) is 13.0 Å². The van der Waals surface area contributed by atoms with E-state index in [0.717, 1.165) is 29.4 Å². The molecule has 2 aromatic rings. The molecule has 0 aliphatic carbocycles. The van der Waals surface area contributed by atoms with Crippen LogP contribution in [0.15, 0.2) is 16.9 Å². The first kappa shape index (κ1) is 12.8. The minimum atomic E-state index is 0.652. The average molecular weight is 250 g/mol. The van der Waals surface area contributed by atoms with Crippen LogP contribution >= 0.6 is 0 Å². The summed E-state index contributed by atoms with van der Waals surface area (Å²) in [6.07, 6.45) is 1.46. The van der Waals surface area contributed by atoms with Crippen molar-refractivity contribution in [2.24, 2.45) is 7.05 Å². The highest BCUT2D eigenvalue weighted by Gasteiger charge is 2.14. The number of hydrogen-bond acceptors (Lipinski definition) is 5. The van der Waals surface area contributed by atoms with Gasteiger partial charge in [-0.1, -0.05) is 0 Å². The molecule has 18 heavy (non-hydrogen) atoms. The molecule has 2 aromatic heterocycles. The third-order valence-corrected chi connectivity index (χ3v) is 2.65. The Kier molecular flexibility index (Phi) is 4.11. The predicted octanol–water partition coefficient (Wildman–Crippen LogP) is 1.12. The Morgan fingerprint density at radius 2 is 2.33 bits per heavy atom. The summed E-state index contributed by atoms with van der Waals surface area (Å²) in [5.41, 5.74) is 2.78. The van der Waals surface area contributed by atoms with Crippen LogP contribution in [0, 0.1) is 6.92 Å². The van der Waals surface area contributed by atoms with Crippen molar-refractivity contribution >= 4 is 0 Å². The van der Waals surface area contributed by atoms with Crippen LogP contribution in [0.5, 0.6) is 0 Å². The predicted molar refractivity (Wildman–Crippen MR) is 67.0 cm³/mol. The minimum Gasteiger partial charge on any atom is -0.442 e. The zero-order valence-electron chi connectivity index (χ0n) is 10.9. The highest BCUT2D eigenvalue weighted by molar-refractivity contribution is 5.55. The van der Waals surface area contributed by atoms with E-state index in [-0.39, 0.29) is 0 Å². The van der Waals surface area contributed by atoms with Crippen LogP contribution in [0.25, 0.3) is 11.5 Å². The molecule has 0 saturated carbocycles. The van der Waals surface area contributed by atoms with Crippen LogP contribution in [0.4, 0.5) is 0 Å². The fourth-order valence-corrected chi connectivity index (χ4v) is 1.81. The number of hydrogen-bond donors (Lipinski definition) is 1. The molecule has 0 amide bonds. The van der Waals surface area contributed by atoms with Gasteiger partial charge in [0.25, 0.3) is 0 Å². The molecule has 0 fully saturated rings. The van der Waals surface area contributed by atoms with Crippen LogP contribution in [0.3, 0.4) is 0 Å². The second kappa shape index (κ2) is 5.79. The SMILES string of the molecule is COCCNCc1ncoc1-c1cc(C)nn1C. The average Bonchev–Trinajstić information content (AvgIpc) is 2.91. The lowest BCUT2D eigenvalue weighted by atomic mass is 10.2. The van der Waals surface area contributed by atoms with E-state index in [0.29, 0.717) is 13.2 Å².